The van der Waals surface area contributed by atoms with Gasteiger partial charge in [-0.15, -0.1) is 0 Å². The number of nitrogens with one attached hydrogen (secondary N) is 2. The molecule has 6 nitrogen and oxygen atoms in total. The van der Waals surface area contributed by atoms with Crippen LogP contribution in [0.1, 0.15) is 37.3 Å². The summed E-state index contributed by atoms with van der Waals surface area (Å²) in [4.78, 5) is 26.8. The summed E-state index contributed by atoms with van der Waals surface area (Å²) >= 11 is 0. The average Bonchev–Trinajstić information content (AvgIpc) is 2.73. The smallest absolute Gasteiger partial charge is 0.262 e. The second-order valence-corrected chi connectivity index (χ2v) is 8.14. The maximum Gasteiger partial charge on any atom is 0.262 e. The van der Waals surface area contributed by atoms with Crippen LogP contribution in [0, 0.1) is 19.7 Å². The molecular formula is C24H30FN3O3. The Morgan fingerprint density at radius 2 is 1.87 bits per heavy atom. The van der Waals surface area contributed by atoms with Crippen LogP contribution in [0.3, 0.4) is 0 Å². The number of hydrogen-bond acceptors (Lipinski definition) is 4. The fourth-order valence-electron chi connectivity index (χ4n) is 3.62. The van der Waals surface area contributed by atoms with Crippen molar-refractivity contribution in [3.63, 3.8) is 0 Å². The number of rotatable bonds is 7. The van der Waals surface area contributed by atoms with Gasteiger partial charge in [-0.3, -0.25) is 14.5 Å². The number of anilines is 2. The predicted octanol–water partition coefficient (Wildman–Crippen LogP) is 4.27. The van der Waals surface area contributed by atoms with Gasteiger partial charge in [0.2, 0.25) is 5.91 Å². The molecule has 166 valence electrons. The average molecular weight is 428 g/mol. The molecule has 0 saturated carbocycles. The highest BCUT2D eigenvalue weighted by Gasteiger charge is 2.20. The first-order valence-corrected chi connectivity index (χ1v) is 10.6. The summed E-state index contributed by atoms with van der Waals surface area (Å²) < 4.78 is 19.7. The van der Waals surface area contributed by atoms with E-state index in [4.69, 9.17) is 4.74 Å². The van der Waals surface area contributed by atoms with Gasteiger partial charge in [0.25, 0.3) is 5.91 Å². The molecule has 1 atom stereocenters. The van der Waals surface area contributed by atoms with Gasteiger partial charge in [-0.1, -0.05) is 12.5 Å². The zero-order valence-corrected chi connectivity index (χ0v) is 18.3. The Hall–Kier alpha value is -2.93. The molecule has 7 heteroatoms. The lowest BCUT2D eigenvalue weighted by Crippen LogP contribution is -2.42. The molecule has 1 unspecified atom stereocenters. The number of aryl methyl sites for hydroxylation is 2. The fourth-order valence-corrected chi connectivity index (χ4v) is 3.62. The van der Waals surface area contributed by atoms with E-state index in [0.29, 0.717) is 24.0 Å². The number of amides is 2. The maximum atomic E-state index is 14.2. The van der Waals surface area contributed by atoms with E-state index in [1.807, 2.05) is 26.0 Å². The molecule has 3 rings (SSSR count). The summed E-state index contributed by atoms with van der Waals surface area (Å²) in [5, 5.41) is 5.30. The molecule has 31 heavy (non-hydrogen) atoms. The van der Waals surface area contributed by atoms with Gasteiger partial charge in [0.15, 0.2) is 6.61 Å². The van der Waals surface area contributed by atoms with Gasteiger partial charge in [-0.05, 0) is 81.6 Å². The quantitative estimate of drug-likeness (QED) is 0.692. The van der Waals surface area contributed by atoms with E-state index in [2.05, 4.69) is 22.5 Å². The van der Waals surface area contributed by atoms with Gasteiger partial charge in [-0.2, -0.15) is 0 Å². The van der Waals surface area contributed by atoms with Crippen molar-refractivity contribution in [1.29, 1.82) is 0 Å². The molecule has 0 radical (unpaired) electrons. The number of nitrogens with zero attached hydrogens (tertiary/aromatic N) is 1. The number of piperidine rings is 1. The van der Waals surface area contributed by atoms with Gasteiger partial charge in [0.05, 0.1) is 12.2 Å². The molecular weight excluding hydrogens is 397 g/mol. The molecule has 2 amide bonds. The largest absolute Gasteiger partial charge is 0.484 e. The standard InChI is InChI=1S/C24H30FN3O3/c1-16-7-9-20(12-17(16)2)31-15-24(30)27-22-13-19(8-10-21(22)25)26-23(29)14-28-11-5-4-6-18(28)3/h7-10,12-13,18H,4-6,11,14-15H2,1-3H3,(H,26,29)(H,27,30). The molecule has 2 aromatic carbocycles. The predicted molar refractivity (Wildman–Crippen MR) is 120 cm³/mol. The lowest BCUT2D eigenvalue weighted by Gasteiger charge is -2.32. The first-order valence-electron chi connectivity index (χ1n) is 10.6. The van der Waals surface area contributed by atoms with Crippen molar-refractivity contribution in [2.24, 2.45) is 0 Å². The Bertz CT molecular complexity index is 948. The van der Waals surface area contributed by atoms with Crippen molar-refractivity contribution in [3.8, 4) is 5.75 Å². The van der Waals surface area contributed by atoms with Gasteiger partial charge in [0, 0.05) is 11.7 Å². The molecule has 1 saturated heterocycles. The Kier molecular flexibility index (Phi) is 7.63. The van der Waals surface area contributed by atoms with E-state index < -0.39 is 11.7 Å². The maximum absolute atomic E-state index is 14.2. The number of carbonyl (C=O) groups is 2. The third-order valence-electron chi connectivity index (χ3n) is 5.66. The first kappa shape index (κ1) is 22.7. The summed E-state index contributed by atoms with van der Waals surface area (Å²) in [6.07, 6.45) is 3.37. The van der Waals surface area contributed by atoms with Gasteiger partial charge in [0.1, 0.15) is 11.6 Å². The summed E-state index contributed by atoms with van der Waals surface area (Å²) in [6, 6.07) is 10.0. The molecule has 1 aliphatic rings. The van der Waals surface area contributed by atoms with E-state index in [0.717, 1.165) is 30.5 Å². The second-order valence-electron chi connectivity index (χ2n) is 8.14. The van der Waals surface area contributed by atoms with E-state index in [-0.39, 0.29) is 18.2 Å². The van der Waals surface area contributed by atoms with Crippen LogP contribution in [0.5, 0.6) is 5.75 Å². The van der Waals surface area contributed by atoms with Crippen molar-refractivity contribution in [2.75, 3.05) is 30.3 Å². The van der Waals surface area contributed by atoms with Crippen LogP contribution in [0.4, 0.5) is 15.8 Å². The summed E-state index contributed by atoms with van der Waals surface area (Å²) in [5.74, 6) is -0.646. The van der Waals surface area contributed by atoms with E-state index in [9.17, 15) is 14.0 Å². The fraction of sp³-hybridized carbons (Fsp3) is 0.417. The van der Waals surface area contributed by atoms with Crippen molar-refractivity contribution >= 4 is 23.2 Å². The minimum Gasteiger partial charge on any atom is -0.484 e. The lowest BCUT2D eigenvalue weighted by atomic mass is 10.0. The molecule has 0 spiro atoms. The van der Waals surface area contributed by atoms with Crippen LogP contribution in [-0.2, 0) is 9.59 Å². The number of carbonyl (C=O) groups excluding carboxylic acids is 2. The monoisotopic (exact) mass is 427 g/mol. The topological polar surface area (TPSA) is 70.7 Å². The highest BCUT2D eigenvalue weighted by Crippen LogP contribution is 2.21. The van der Waals surface area contributed by atoms with Crippen LogP contribution in [0.15, 0.2) is 36.4 Å². The van der Waals surface area contributed by atoms with E-state index >= 15 is 0 Å². The number of hydrogen-bond donors (Lipinski definition) is 2. The van der Waals surface area contributed by atoms with Crippen LogP contribution in [0.25, 0.3) is 0 Å². The Morgan fingerprint density at radius 1 is 1.06 bits per heavy atom. The number of halogens is 1. The van der Waals surface area contributed by atoms with Crippen LogP contribution < -0.4 is 15.4 Å². The highest BCUT2D eigenvalue weighted by atomic mass is 19.1. The molecule has 2 aromatic rings. The van der Waals surface area contributed by atoms with Crippen molar-refractivity contribution in [2.45, 2.75) is 46.1 Å². The van der Waals surface area contributed by atoms with Crippen molar-refractivity contribution in [1.82, 2.24) is 4.90 Å². The molecule has 1 fully saturated rings. The van der Waals surface area contributed by atoms with Crippen LogP contribution in [0.2, 0.25) is 0 Å². The van der Waals surface area contributed by atoms with Crippen LogP contribution >= 0.6 is 0 Å². The summed E-state index contributed by atoms with van der Waals surface area (Å²) in [6.45, 7) is 7.03. The zero-order valence-electron chi connectivity index (χ0n) is 18.3. The van der Waals surface area contributed by atoms with E-state index in [1.54, 1.807) is 6.07 Å². The number of ether oxygens (including phenoxy) is 1. The van der Waals surface area contributed by atoms with Crippen molar-refractivity contribution in [3.05, 3.63) is 53.3 Å². The SMILES string of the molecule is Cc1ccc(OCC(=O)Nc2cc(NC(=O)CN3CCCCC3C)ccc2F)cc1C. The third-order valence-corrected chi connectivity index (χ3v) is 5.66. The minimum absolute atomic E-state index is 0.00201. The summed E-state index contributed by atoms with van der Waals surface area (Å²) in [5.41, 5.74) is 2.62. The van der Waals surface area contributed by atoms with E-state index in [1.165, 1.54) is 24.6 Å². The van der Waals surface area contributed by atoms with Crippen molar-refractivity contribution < 1.29 is 18.7 Å². The molecule has 2 N–H and O–H groups in total. The Balaban J connectivity index is 1.55. The highest BCUT2D eigenvalue weighted by molar-refractivity contribution is 5.95. The number of likely N-dealkylation sites (tertiary alicyclic amines) is 1. The minimum atomic E-state index is -0.581. The zero-order chi connectivity index (χ0) is 22.4. The first-order chi connectivity index (χ1) is 14.8. The molecule has 0 aliphatic carbocycles. The molecule has 0 aromatic heterocycles. The van der Waals surface area contributed by atoms with Gasteiger partial charge < -0.3 is 15.4 Å². The van der Waals surface area contributed by atoms with Gasteiger partial charge in [-0.25, -0.2) is 4.39 Å². The van der Waals surface area contributed by atoms with Gasteiger partial charge >= 0.3 is 0 Å². The molecule has 1 aliphatic heterocycles. The molecule has 1 heterocycles. The second kappa shape index (κ2) is 10.4. The summed E-state index contributed by atoms with van der Waals surface area (Å²) in [7, 11) is 0. The molecule has 0 bridgehead atoms. The van der Waals surface area contributed by atoms with Crippen LogP contribution in [-0.4, -0.2) is 42.5 Å². The normalized spacial score (nSPS) is 16.6. The number of benzene rings is 2. The Morgan fingerprint density at radius 3 is 2.61 bits per heavy atom. The Labute approximate surface area is 182 Å². The third kappa shape index (κ3) is 6.52. The lowest BCUT2D eigenvalue weighted by molar-refractivity contribution is -0.118.